The van der Waals surface area contributed by atoms with Crippen molar-refractivity contribution < 1.29 is 14.6 Å². The van der Waals surface area contributed by atoms with Gasteiger partial charge in [-0.25, -0.2) is 9.78 Å². The third-order valence-corrected chi connectivity index (χ3v) is 2.79. The molecule has 1 aromatic heterocycles. The maximum absolute atomic E-state index is 11.2. The van der Waals surface area contributed by atoms with Crippen molar-refractivity contribution >= 4 is 11.8 Å². The van der Waals surface area contributed by atoms with Crippen LogP contribution < -0.4 is 4.90 Å². The minimum absolute atomic E-state index is 0.104. The molecule has 0 aliphatic carbocycles. The second kappa shape index (κ2) is 4.71. The Kier molecular flexibility index (Phi) is 3.28. The number of nitrogens with zero attached hydrogens (tertiary/aromatic N) is 2. The number of hydrogen-bond donors (Lipinski definition) is 1. The number of ether oxygens (including phenoxy) is 1. The molecule has 1 saturated heterocycles. The van der Waals surface area contributed by atoms with Gasteiger partial charge in [-0.1, -0.05) is 0 Å². The highest BCUT2D eigenvalue weighted by molar-refractivity contribution is 5.93. The Morgan fingerprint density at radius 1 is 1.59 bits per heavy atom. The number of aromatic carboxylic acids is 1. The highest BCUT2D eigenvalue weighted by atomic mass is 16.5. The van der Waals surface area contributed by atoms with E-state index in [2.05, 4.69) is 4.98 Å². The van der Waals surface area contributed by atoms with E-state index in [9.17, 15) is 4.79 Å². The van der Waals surface area contributed by atoms with E-state index in [0.29, 0.717) is 25.5 Å². The van der Waals surface area contributed by atoms with Crippen LogP contribution in [-0.2, 0) is 4.74 Å². The summed E-state index contributed by atoms with van der Waals surface area (Å²) in [6.07, 6.45) is 0.104. The van der Waals surface area contributed by atoms with E-state index in [4.69, 9.17) is 9.84 Å². The molecule has 1 N–H and O–H groups in total. The van der Waals surface area contributed by atoms with Gasteiger partial charge in [0.15, 0.2) is 0 Å². The molecular weight excluding hydrogens is 220 g/mol. The molecule has 1 atom stereocenters. The average molecular weight is 236 g/mol. The van der Waals surface area contributed by atoms with E-state index in [1.165, 1.54) is 0 Å². The van der Waals surface area contributed by atoms with Gasteiger partial charge in [-0.2, -0.15) is 0 Å². The molecule has 0 radical (unpaired) electrons. The lowest BCUT2D eigenvalue weighted by Crippen LogP contribution is -2.42. The summed E-state index contributed by atoms with van der Waals surface area (Å²) in [5.74, 6) is -0.390. The SMILES string of the molecule is Cc1ccc(C(=O)O)c(N2CCOC(C)C2)n1. The second-order valence-corrected chi connectivity index (χ2v) is 4.26. The van der Waals surface area contributed by atoms with Gasteiger partial charge in [0.05, 0.1) is 12.7 Å². The average Bonchev–Trinajstić information content (AvgIpc) is 2.28. The van der Waals surface area contributed by atoms with Crippen molar-refractivity contribution in [1.29, 1.82) is 0 Å². The van der Waals surface area contributed by atoms with Crippen molar-refractivity contribution in [2.24, 2.45) is 0 Å². The molecule has 0 amide bonds. The first-order valence-electron chi connectivity index (χ1n) is 5.65. The maximum atomic E-state index is 11.2. The number of carboxylic acid groups (broad SMARTS) is 1. The number of aryl methyl sites for hydroxylation is 1. The maximum Gasteiger partial charge on any atom is 0.339 e. The van der Waals surface area contributed by atoms with Crippen molar-refractivity contribution in [3.8, 4) is 0 Å². The van der Waals surface area contributed by atoms with Crippen LogP contribution in [0.2, 0.25) is 0 Å². The molecule has 0 saturated carbocycles. The van der Waals surface area contributed by atoms with Gasteiger partial charge in [0.2, 0.25) is 0 Å². The number of carbonyl (C=O) groups is 1. The number of rotatable bonds is 2. The van der Waals surface area contributed by atoms with Gasteiger partial charge in [-0.05, 0) is 26.0 Å². The molecule has 5 nitrogen and oxygen atoms in total. The highest BCUT2D eigenvalue weighted by Crippen LogP contribution is 2.21. The topological polar surface area (TPSA) is 62.7 Å². The van der Waals surface area contributed by atoms with Gasteiger partial charge in [0, 0.05) is 18.8 Å². The summed E-state index contributed by atoms with van der Waals surface area (Å²) >= 11 is 0. The van der Waals surface area contributed by atoms with Crippen LogP contribution in [-0.4, -0.2) is 41.9 Å². The van der Waals surface area contributed by atoms with E-state index in [-0.39, 0.29) is 11.7 Å². The summed E-state index contributed by atoms with van der Waals surface area (Å²) in [6, 6.07) is 3.33. The predicted octanol–water partition coefficient (Wildman–Crippen LogP) is 1.31. The fourth-order valence-corrected chi connectivity index (χ4v) is 1.96. The number of anilines is 1. The summed E-state index contributed by atoms with van der Waals surface area (Å²) < 4.78 is 5.44. The van der Waals surface area contributed by atoms with Crippen molar-refractivity contribution in [3.63, 3.8) is 0 Å². The predicted molar refractivity (Wildman–Crippen MR) is 63.6 cm³/mol. The van der Waals surface area contributed by atoms with Gasteiger partial charge in [0.1, 0.15) is 11.4 Å². The zero-order valence-corrected chi connectivity index (χ0v) is 10.0. The number of hydrogen-bond acceptors (Lipinski definition) is 4. The molecular formula is C12H16N2O3. The zero-order chi connectivity index (χ0) is 12.4. The minimum atomic E-state index is -0.938. The molecule has 1 unspecified atom stereocenters. The lowest BCUT2D eigenvalue weighted by molar-refractivity contribution is 0.0524. The van der Waals surface area contributed by atoms with Crippen LogP contribution in [0.15, 0.2) is 12.1 Å². The van der Waals surface area contributed by atoms with Gasteiger partial charge >= 0.3 is 5.97 Å². The summed E-state index contributed by atoms with van der Waals surface area (Å²) in [5.41, 5.74) is 1.08. The first-order chi connectivity index (χ1) is 8.08. The van der Waals surface area contributed by atoms with E-state index in [1.54, 1.807) is 12.1 Å². The van der Waals surface area contributed by atoms with Crippen LogP contribution in [0.5, 0.6) is 0 Å². The number of morpholine rings is 1. The molecule has 0 bridgehead atoms. The summed E-state index contributed by atoms with van der Waals surface area (Å²) in [4.78, 5) is 17.5. The number of pyridine rings is 1. The Balaban J connectivity index is 2.35. The Morgan fingerprint density at radius 2 is 2.35 bits per heavy atom. The molecule has 0 spiro atoms. The van der Waals surface area contributed by atoms with Gasteiger partial charge in [0.25, 0.3) is 0 Å². The van der Waals surface area contributed by atoms with Crippen LogP contribution in [0.4, 0.5) is 5.82 Å². The molecule has 92 valence electrons. The molecule has 1 aliphatic rings. The van der Waals surface area contributed by atoms with Crippen molar-refractivity contribution in [2.45, 2.75) is 20.0 Å². The Morgan fingerprint density at radius 3 is 3.00 bits per heavy atom. The van der Waals surface area contributed by atoms with E-state index >= 15 is 0 Å². The molecule has 0 aromatic carbocycles. The van der Waals surface area contributed by atoms with Crippen LogP contribution >= 0.6 is 0 Å². The Hall–Kier alpha value is -1.62. The Labute approximate surface area is 100 Å². The number of carboxylic acids is 1. The monoisotopic (exact) mass is 236 g/mol. The first kappa shape index (κ1) is 11.9. The fourth-order valence-electron chi connectivity index (χ4n) is 1.96. The van der Waals surface area contributed by atoms with Gasteiger partial charge in [-0.3, -0.25) is 0 Å². The molecule has 1 aliphatic heterocycles. The van der Waals surface area contributed by atoms with Crippen molar-refractivity contribution in [2.75, 3.05) is 24.6 Å². The molecule has 1 fully saturated rings. The zero-order valence-electron chi connectivity index (χ0n) is 10.0. The second-order valence-electron chi connectivity index (χ2n) is 4.26. The minimum Gasteiger partial charge on any atom is -0.478 e. The van der Waals surface area contributed by atoms with Crippen LogP contribution in [0.25, 0.3) is 0 Å². The summed E-state index contributed by atoms with van der Waals surface area (Å²) in [6.45, 7) is 5.80. The lowest BCUT2D eigenvalue weighted by Gasteiger charge is -2.32. The Bertz CT molecular complexity index is 434. The standard InChI is InChI=1S/C12H16N2O3/c1-8-3-4-10(12(15)16)11(13-8)14-5-6-17-9(2)7-14/h3-4,9H,5-7H2,1-2H3,(H,15,16). The normalized spacial score (nSPS) is 20.4. The lowest BCUT2D eigenvalue weighted by atomic mass is 10.2. The summed E-state index contributed by atoms with van der Waals surface area (Å²) in [5, 5.41) is 9.16. The molecule has 1 aromatic rings. The van der Waals surface area contributed by atoms with E-state index in [1.807, 2.05) is 18.7 Å². The smallest absolute Gasteiger partial charge is 0.339 e. The number of aromatic nitrogens is 1. The van der Waals surface area contributed by atoms with Crippen LogP contribution in [0.3, 0.4) is 0 Å². The van der Waals surface area contributed by atoms with Crippen LogP contribution in [0, 0.1) is 6.92 Å². The van der Waals surface area contributed by atoms with Crippen molar-refractivity contribution in [3.05, 3.63) is 23.4 Å². The van der Waals surface area contributed by atoms with Crippen LogP contribution in [0.1, 0.15) is 23.0 Å². The third kappa shape index (κ3) is 2.55. The quantitative estimate of drug-likeness (QED) is 0.839. The fraction of sp³-hybridized carbons (Fsp3) is 0.500. The highest BCUT2D eigenvalue weighted by Gasteiger charge is 2.22. The van der Waals surface area contributed by atoms with Crippen molar-refractivity contribution in [1.82, 2.24) is 4.98 Å². The summed E-state index contributed by atoms with van der Waals surface area (Å²) in [7, 11) is 0. The van der Waals surface area contributed by atoms with Gasteiger partial charge < -0.3 is 14.7 Å². The molecule has 2 rings (SSSR count). The van der Waals surface area contributed by atoms with Gasteiger partial charge in [-0.15, -0.1) is 0 Å². The molecule has 2 heterocycles. The first-order valence-corrected chi connectivity index (χ1v) is 5.65. The van der Waals surface area contributed by atoms with E-state index in [0.717, 1.165) is 5.69 Å². The third-order valence-electron chi connectivity index (χ3n) is 2.79. The van der Waals surface area contributed by atoms with E-state index < -0.39 is 5.97 Å². The largest absolute Gasteiger partial charge is 0.478 e. The molecule has 17 heavy (non-hydrogen) atoms. The molecule has 5 heteroatoms.